The maximum atomic E-state index is 11.2. The molecule has 0 aliphatic heterocycles. The van der Waals surface area contributed by atoms with Gasteiger partial charge in [0.05, 0.1) is 0 Å². The molecule has 0 bridgehead atoms. The molecule has 0 saturated carbocycles. The zero-order valence-corrected chi connectivity index (χ0v) is 20.3. The van der Waals surface area contributed by atoms with Crippen molar-refractivity contribution in [2.24, 2.45) is 0 Å². The van der Waals surface area contributed by atoms with Crippen LogP contribution < -0.4 is 9.47 Å². The first-order valence-electron chi connectivity index (χ1n) is 11.5. The summed E-state index contributed by atoms with van der Waals surface area (Å²) in [7, 11) is 0. The van der Waals surface area contributed by atoms with Crippen molar-refractivity contribution in [2.75, 3.05) is 0 Å². The van der Waals surface area contributed by atoms with E-state index >= 15 is 0 Å². The normalized spacial score (nSPS) is 10.9. The van der Waals surface area contributed by atoms with E-state index in [1.54, 1.807) is 24.3 Å². The van der Waals surface area contributed by atoms with Crippen molar-refractivity contribution in [1.29, 1.82) is 0 Å². The standard InChI is InChI=1S/C31H24O6/c1-31(2,25-5-11-27(12-6-25)36-29-9-3-21(17-32)23(15-29)19-34)26-7-13-28(14-8-26)37-30-10-4-22(18-33)24(16-30)20-35/h3-20H,1-2H3. The summed E-state index contributed by atoms with van der Waals surface area (Å²) in [5.41, 5.74) is 3.01. The summed E-state index contributed by atoms with van der Waals surface area (Å²) >= 11 is 0. The topological polar surface area (TPSA) is 86.7 Å². The van der Waals surface area contributed by atoms with Crippen molar-refractivity contribution >= 4 is 25.1 Å². The molecule has 0 aliphatic rings. The van der Waals surface area contributed by atoms with Crippen LogP contribution >= 0.6 is 0 Å². The maximum absolute atomic E-state index is 11.2. The second-order valence-electron chi connectivity index (χ2n) is 8.93. The van der Waals surface area contributed by atoms with Crippen LogP contribution in [0.5, 0.6) is 23.0 Å². The third-order valence-corrected chi connectivity index (χ3v) is 6.25. The van der Waals surface area contributed by atoms with Gasteiger partial charge in [0.1, 0.15) is 23.0 Å². The van der Waals surface area contributed by atoms with E-state index in [-0.39, 0.29) is 16.5 Å². The monoisotopic (exact) mass is 492 g/mol. The Kier molecular flexibility index (Phi) is 7.39. The summed E-state index contributed by atoms with van der Waals surface area (Å²) in [5, 5.41) is 0. The molecule has 0 spiro atoms. The van der Waals surface area contributed by atoms with Gasteiger partial charge in [-0.1, -0.05) is 38.1 Å². The lowest BCUT2D eigenvalue weighted by molar-refractivity contribution is 0.109. The summed E-state index contributed by atoms with van der Waals surface area (Å²) in [6, 6.07) is 24.8. The molecule has 0 unspecified atom stereocenters. The number of hydrogen-bond donors (Lipinski definition) is 0. The average molecular weight is 493 g/mol. The lowest BCUT2D eigenvalue weighted by Crippen LogP contribution is -2.18. The minimum absolute atomic E-state index is 0.278. The Hall–Kier alpha value is -4.84. The van der Waals surface area contributed by atoms with Crippen LogP contribution in [0.1, 0.15) is 66.4 Å². The largest absolute Gasteiger partial charge is 0.457 e. The van der Waals surface area contributed by atoms with E-state index in [1.165, 1.54) is 12.1 Å². The highest BCUT2D eigenvalue weighted by Crippen LogP contribution is 2.35. The van der Waals surface area contributed by atoms with Crippen LogP contribution in [0.2, 0.25) is 0 Å². The van der Waals surface area contributed by atoms with Gasteiger partial charge in [0.15, 0.2) is 25.1 Å². The van der Waals surface area contributed by atoms with Gasteiger partial charge in [0.2, 0.25) is 0 Å². The van der Waals surface area contributed by atoms with E-state index in [4.69, 9.17) is 9.47 Å². The van der Waals surface area contributed by atoms with Crippen LogP contribution in [0, 0.1) is 0 Å². The molecule has 6 heteroatoms. The molecule has 184 valence electrons. The van der Waals surface area contributed by atoms with Gasteiger partial charge in [0, 0.05) is 27.7 Å². The van der Waals surface area contributed by atoms with Crippen molar-refractivity contribution in [2.45, 2.75) is 19.3 Å². The van der Waals surface area contributed by atoms with Gasteiger partial charge in [-0.05, 0) is 71.8 Å². The molecule has 4 aromatic rings. The molecule has 0 N–H and O–H groups in total. The van der Waals surface area contributed by atoms with Crippen molar-refractivity contribution in [3.05, 3.63) is 118 Å². The zero-order chi connectivity index (χ0) is 26.4. The van der Waals surface area contributed by atoms with Gasteiger partial charge in [0.25, 0.3) is 0 Å². The second kappa shape index (κ2) is 10.8. The summed E-state index contributed by atoms with van der Waals surface area (Å²) in [6.07, 6.45) is 2.53. The van der Waals surface area contributed by atoms with Crippen molar-refractivity contribution in [3.8, 4) is 23.0 Å². The molecule has 0 radical (unpaired) electrons. The minimum atomic E-state index is -0.316. The Balaban J connectivity index is 1.48. The number of aldehydes is 4. The fraction of sp³-hybridized carbons (Fsp3) is 0.0968. The van der Waals surface area contributed by atoms with E-state index in [9.17, 15) is 19.2 Å². The second-order valence-corrected chi connectivity index (χ2v) is 8.93. The van der Waals surface area contributed by atoms with Crippen LogP contribution in [0.25, 0.3) is 0 Å². The van der Waals surface area contributed by atoms with Crippen LogP contribution in [0.3, 0.4) is 0 Å². The number of carbonyl (C=O) groups is 4. The highest BCUT2D eigenvalue weighted by Gasteiger charge is 2.23. The van der Waals surface area contributed by atoms with E-state index in [0.717, 1.165) is 11.1 Å². The molecule has 0 saturated heterocycles. The van der Waals surface area contributed by atoms with Gasteiger partial charge in [-0.15, -0.1) is 0 Å². The Morgan fingerprint density at radius 3 is 1.11 bits per heavy atom. The van der Waals surface area contributed by atoms with Crippen molar-refractivity contribution in [3.63, 3.8) is 0 Å². The lowest BCUT2D eigenvalue weighted by Gasteiger charge is -2.26. The quantitative estimate of drug-likeness (QED) is 0.225. The lowest BCUT2D eigenvalue weighted by atomic mass is 9.78. The molecule has 0 fully saturated rings. The Morgan fingerprint density at radius 2 is 0.784 bits per heavy atom. The first kappa shape index (κ1) is 25.3. The van der Waals surface area contributed by atoms with Crippen LogP contribution in [-0.4, -0.2) is 25.1 Å². The van der Waals surface area contributed by atoms with Gasteiger partial charge in [-0.25, -0.2) is 0 Å². The van der Waals surface area contributed by atoms with E-state index in [0.29, 0.717) is 59.3 Å². The number of benzene rings is 4. The van der Waals surface area contributed by atoms with Crippen LogP contribution in [-0.2, 0) is 5.41 Å². The van der Waals surface area contributed by atoms with Crippen molar-refractivity contribution < 1.29 is 28.7 Å². The van der Waals surface area contributed by atoms with Crippen LogP contribution in [0.15, 0.2) is 84.9 Å². The summed E-state index contributed by atoms with van der Waals surface area (Å²) in [5.74, 6) is 2.15. The Labute approximate surface area is 214 Å². The molecular formula is C31H24O6. The fourth-order valence-corrected chi connectivity index (χ4v) is 3.97. The van der Waals surface area contributed by atoms with Gasteiger partial charge >= 0.3 is 0 Å². The smallest absolute Gasteiger partial charge is 0.150 e. The van der Waals surface area contributed by atoms with Crippen molar-refractivity contribution in [1.82, 2.24) is 0 Å². The molecular weight excluding hydrogens is 468 g/mol. The molecule has 4 rings (SSSR count). The van der Waals surface area contributed by atoms with E-state index < -0.39 is 0 Å². The molecule has 0 atom stereocenters. The number of rotatable bonds is 10. The van der Waals surface area contributed by atoms with Gasteiger partial charge < -0.3 is 9.47 Å². The third-order valence-electron chi connectivity index (χ3n) is 6.25. The number of carbonyl (C=O) groups excluding carboxylic acids is 4. The highest BCUT2D eigenvalue weighted by atomic mass is 16.5. The SMILES string of the molecule is CC(C)(c1ccc(Oc2ccc(C=O)c(C=O)c2)cc1)c1ccc(Oc2ccc(C=O)c(C=O)c2)cc1. The first-order chi connectivity index (χ1) is 17.9. The number of ether oxygens (including phenoxy) is 2. The Bertz CT molecular complexity index is 1340. The van der Waals surface area contributed by atoms with Gasteiger partial charge in [-0.3, -0.25) is 19.2 Å². The predicted molar refractivity (Wildman–Crippen MR) is 140 cm³/mol. The molecule has 0 amide bonds. The average Bonchev–Trinajstić information content (AvgIpc) is 2.93. The maximum Gasteiger partial charge on any atom is 0.150 e. The summed E-state index contributed by atoms with van der Waals surface area (Å²) in [4.78, 5) is 44.4. The minimum Gasteiger partial charge on any atom is -0.457 e. The van der Waals surface area contributed by atoms with E-state index in [2.05, 4.69) is 13.8 Å². The molecule has 0 heterocycles. The third kappa shape index (κ3) is 5.54. The van der Waals surface area contributed by atoms with Crippen LogP contribution in [0.4, 0.5) is 0 Å². The Morgan fingerprint density at radius 1 is 0.459 bits per heavy atom. The number of hydrogen-bond acceptors (Lipinski definition) is 6. The molecule has 0 aliphatic carbocycles. The summed E-state index contributed by atoms with van der Waals surface area (Å²) in [6.45, 7) is 4.23. The molecule has 37 heavy (non-hydrogen) atoms. The first-order valence-corrected chi connectivity index (χ1v) is 11.5. The highest BCUT2D eigenvalue weighted by molar-refractivity contribution is 5.91. The molecule has 4 aromatic carbocycles. The molecule has 6 nitrogen and oxygen atoms in total. The predicted octanol–water partition coefficient (Wildman–Crippen LogP) is 6.85. The zero-order valence-electron chi connectivity index (χ0n) is 20.3. The van der Waals surface area contributed by atoms with Gasteiger partial charge in [-0.2, -0.15) is 0 Å². The molecule has 0 aromatic heterocycles. The fourth-order valence-electron chi connectivity index (χ4n) is 3.97. The van der Waals surface area contributed by atoms with E-state index in [1.807, 2.05) is 48.5 Å². The summed E-state index contributed by atoms with van der Waals surface area (Å²) < 4.78 is 11.7.